The molecule has 18 heavy (non-hydrogen) atoms. The van der Waals surface area contributed by atoms with Crippen molar-refractivity contribution in [3.63, 3.8) is 0 Å². The number of aliphatic hydroxyl groups is 1. The number of rotatable bonds is 5. The van der Waals surface area contributed by atoms with Gasteiger partial charge in [0, 0.05) is 12.3 Å². The number of aliphatic hydroxyl groups excluding tert-OH is 1. The molecule has 0 saturated heterocycles. The van der Waals surface area contributed by atoms with E-state index in [9.17, 15) is 5.11 Å². The Morgan fingerprint density at radius 1 is 1.28 bits per heavy atom. The van der Waals surface area contributed by atoms with Gasteiger partial charge in [-0.15, -0.1) is 0 Å². The summed E-state index contributed by atoms with van der Waals surface area (Å²) in [5.74, 6) is 1.29. The van der Waals surface area contributed by atoms with E-state index in [1.54, 1.807) is 0 Å². The predicted octanol–water partition coefficient (Wildman–Crippen LogP) is 3.48. The third-order valence-corrected chi connectivity index (χ3v) is 3.81. The van der Waals surface area contributed by atoms with Crippen LogP contribution in [0.5, 0.6) is 0 Å². The first-order valence-corrected chi connectivity index (χ1v) is 6.80. The summed E-state index contributed by atoms with van der Waals surface area (Å²) in [5.41, 5.74) is 1.19. The van der Waals surface area contributed by atoms with Gasteiger partial charge in [-0.1, -0.05) is 50.6 Å². The van der Waals surface area contributed by atoms with E-state index >= 15 is 0 Å². The Kier molecular flexibility index (Phi) is 4.43. The third kappa shape index (κ3) is 2.75. The lowest BCUT2D eigenvalue weighted by Crippen LogP contribution is -2.26. The van der Waals surface area contributed by atoms with E-state index < -0.39 is 6.10 Å². The summed E-state index contributed by atoms with van der Waals surface area (Å²) in [6, 6.07) is 10.3. The number of benzene rings is 1. The molecule has 0 spiro atoms. The van der Waals surface area contributed by atoms with E-state index in [2.05, 4.69) is 26.0 Å². The fraction of sp³-hybridized carbons (Fsp3) is 0.500. The molecule has 98 valence electrons. The summed E-state index contributed by atoms with van der Waals surface area (Å²) >= 11 is 0. The second kappa shape index (κ2) is 6.05. The van der Waals surface area contributed by atoms with E-state index in [0.717, 1.165) is 18.6 Å². The van der Waals surface area contributed by atoms with Gasteiger partial charge in [0.2, 0.25) is 0 Å². The molecule has 3 unspecified atom stereocenters. The highest BCUT2D eigenvalue weighted by molar-refractivity contribution is 5.25. The van der Waals surface area contributed by atoms with Crippen LogP contribution in [-0.4, -0.2) is 17.8 Å². The van der Waals surface area contributed by atoms with E-state index in [1.807, 2.05) is 24.3 Å². The highest BCUT2D eigenvalue weighted by Gasteiger charge is 2.30. The molecule has 0 fully saturated rings. The van der Waals surface area contributed by atoms with Crippen molar-refractivity contribution in [2.24, 2.45) is 5.92 Å². The van der Waals surface area contributed by atoms with Crippen LogP contribution >= 0.6 is 0 Å². The van der Waals surface area contributed by atoms with Crippen LogP contribution in [0.25, 0.3) is 0 Å². The normalized spacial score (nSPS) is 19.8. The van der Waals surface area contributed by atoms with Crippen LogP contribution in [0, 0.1) is 5.92 Å². The maximum Gasteiger partial charge on any atom is 0.121 e. The molecule has 2 rings (SSSR count). The molecule has 1 aromatic carbocycles. The minimum Gasteiger partial charge on any atom is -0.495 e. The molecule has 1 aliphatic rings. The van der Waals surface area contributed by atoms with Crippen LogP contribution in [0.4, 0.5) is 0 Å². The zero-order valence-electron chi connectivity index (χ0n) is 11.2. The Hall–Kier alpha value is -1.28. The van der Waals surface area contributed by atoms with Crippen LogP contribution < -0.4 is 0 Å². The van der Waals surface area contributed by atoms with Crippen molar-refractivity contribution in [1.29, 1.82) is 0 Å². The summed E-state index contributed by atoms with van der Waals surface area (Å²) in [6.45, 7) is 5.06. The topological polar surface area (TPSA) is 29.5 Å². The summed E-state index contributed by atoms with van der Waals surface area (Å²) in [7, 11) is 0. The zero-order valence-corrected chi connectivity index (χ0v) is 11.2. The lowest BCUT2D eigenvalue weighted by atomic mass is 9.81. The lowest BCUT2D eigenvalue weighted by molar-refractivity contribution is 0.0817. The van der Waals surface area contributed by atoms with Gasteiger partial charge in [-0.25, -0.2) is 0 Å². The van der Waals surface area contributed by atoms with Gasteiger partial charge in [0.1, 0.15) is 11.9 Å². The van der Waals surface area contributed by atoms with Gasteiger partial charge < -0.3 is 9.84 Å². The minimum absolute atomic E-state index is 0.112. The highest BCUT2D eigenvalue weighted by atomic mass is 16.5. The van der Waals surface area contributed by atoms with Gasteiger partial charge in [-0.3, -0.25) is 0 Å². The van der Waals surface area contributed by atoms with Gasteiger partial charge in [-0.05, 0) is 17.6 Å². The van der Waals surface area contributed by atoms with Gasteiger partial charge in [0.05, 0.1) is 6.61 Å². The fourth-order valence-electron chi connectivity index (χ4n) is 2.57. The van der Waals surface area contributed by atoms with Crippen LogP contribution in [0.3, 0.4) is 0 Å². The maximum absolute atomic E-state index is 10.6. The Labute approximate surface area is 109 Å². The molecule has 0 radical (unpaired) electrons. The fourth-order valence-corrected chi connectivity index (χ4v) is 2.57. The zero-order chi connectivity index (χ0) is 13.0. The number of hydrogen-bond acceptors (Lipinski definition) is 2. The second-order valence-electron chi connectivity index (χ2n) is 5.01. The Balaban J connectivity index is 2.25. The van der Waals surface area contributed by atoms with Crippen LogP contribution in [0.2, 0.25) is 0 Å². The van der Waals surface area contributed by atoms with Gasteiger partial charge in [0.25, 0.3) is 0 Å². The van der Waals surface area contributed by atoms with Gasteiger partial charge in [0.15, 0.2) is 0 Å². The quantitative estimate of drug-likeness (QED) is 0.862. The summed E-state index contributed by atoms with van der Waals surface area (Å²) in [6.07, 6.45) is 3.45. The van der Waals surface area contributed by atoms with Crippen molar-refractivity contribution >= 4 is 0 Å². The molecule has 0 aromatic heterocycles. The molecule has 1 heterocycles. The summed E-state index contributed by atoms with van der Waals surface area (Å²) in [5, 5.41) is 10.6. The third-order valence-electron chi connectivity index (χ3n) is 3.81. The van der Waals surface area contributed by atoms with Crippen molar-refractivity contribution in [3.05, 3.63) is 47.7 Å². The van der Waals surface area contributed by atoms with Crippen LogP contribution in [-0.2, 0) is 4.74 Å². The molecule has 2 heteroatoms. The largest absolute Gasteiger partial charge is 0.495 e. The van der Waals surface area contributed by atoms with Crippen LogP contribution in [0.1, 0.15) is 38.2 Å². The molecule has 0 aliphatic carbocycles. The predicted molar refractivity (Wildman–Crippen MR) is 73.3 cm³/mol. The summed E-state index contributed by atoms with van der Waals surface area (Å²) in [4.78, 5) is 0. The van der Waals surface area contributed by atoms with Crippen molar-refractivity contribution in [2.75, 3.05) is 6.61 Å². The molecule has 0 bridgehead atoms. The van der Waals surface area contributed by atoms with Crippen molar-refractivity contribution in [2.45, 2.75) is 38.7 Å². The van der Waals surface area contributed by atoms with Gasteiger partial charge in [-0.2, -0.15) is 0 Å². The molecule has 1 aromatic rings. The Morgan fingerprint density at radius 3 is 2.56 bits per heavy atom. The molecule has 1 aliphatic heterocycles. The molecule has 0 amide bonds. The summed E-state index contributed by atoms with van der Waals surface area (Å²) < 4.78 is 5.52. The van der Waals surface area contributed by atoms with E-state index in [0.29, 0.717) is 12.5 Å². The van der Waals surface area contributed by atoms with Crippen molar-refractivity contribution < 1.29 is 9.84 Å². The maximum atomic E-state index is 10.6. The van der Waals surface area contributed by atoms with Gasteiger partial charge >= 0.3 is 0 Å². The van der Waals surface area contributed by atoms with E-state index in [1.165, 1.54) is 5.56 Å². The Morgan fingerprint density at radius 2 is 2.00 bits per heavy atom. The molecular formula is C16H22O2. The second-order valence-corrected chi connectivity index (χ2v) is 5.01. The molecule has 3 atom stereocenters. The first kappa shape index (κ1) is 13.2. The van der Waals surface area contributed by atoms with E-state index in [4.69, 9.17) is 4.74 Å². The SMILES string of the molecule is CCC(C)C(c1ccccc1)C(O)C1=CCCO1. The van der Waals surface area contributed by atoms with Crippen molar-refractivity contribution in [3.8, 4) is 0 Å². The van der Waals surface area contributed by atoms with Crippen molar-refractivity contribution in [1.82, 2.24) is 0 Å². The lowest BCUT2D eigenvalue weighted by Gasteiger charge is -2.29. The average Bonchev–Trinajstić information content (AvgIpc) is 2.94. The molecule has 2 nitrogen and oxygen atoms in total. The van der Waals surface area contributed by atoms with Crippen LogP contribution in [0.15, 0.2) is 42.2 Å². The van der Waals surface area contributed by atoms with E-state index in [-0.39, 0.29) is 5.92 Å². The number of hydrogen-bond donors (Lipinski definition) is 1. The smallest absolute Gasteiger partial charge is 0.121 e. The molecule has 1 N–H and O–H groups in total. The molecular weight excluding hydrogens is 224 g/mol. The first-order valence-electron chi connectivity index (χ1n) is 6.80. The average molecular weight is 246 g/mol. The molecule has 0 saturated carbocycles. The monoisotopic (exact) mass is 246 g/mol. The standard InChI is InChI=1S/C16H22O2/c1-3-12(2)15(13-8-5-4-6-9-13)16(17)14-10-7-11-18-14/h4-6,8-10,12,15-17H,3,7,11H2,1-2H3. The number of ether oxygens (including phenoxy) is 1. The highest BCUT2D eigenvalue weighted by Crippen LogP contribution is 2.34. The first-order chi connectivity index (χ1) is 8.74. The Bertz CT molecular complexity index is 397. The minimum atomic E-state index is -0.523.